The molecular weight excluding hydrogens is 272 g/mol. The molecule has 0 saturated heterocycles. The van der Waals surface area contributed by atoms with Crippen LogP contribution in [0.3, 0.4) is 0 Å². The van der Waals surface area contributed by atoms with Crippen LogP contribution < -0.4 is 10.2 Å². The molecule has 4 heteroatoms. The number of aromatic nitrogens is 2. The molecular formula is C18H26N4. The first-order valence-corrected chi connectivity index (χ1v) is 8.42. The minimum Gasteiger partial charge on any atom is -0.362 e. The highest BCUT2D eigenvalue weighted by Gasteiger charge is 2.14. The van der Waals surface area contributed by atoms with Crippen LogP contribution in [0.25, 0.3) is 10.9 Å². The van der Waals surface area contributed by atoms with E-state index in [1.54, 1.807) is 0 Å². The highest BCUT2D eigenvalue weighted by atomic mass is 15.2. The Bertz CT molecular complexity index is 616. The van der Waals surface area contributed by atoms with Crippen LogP contribution >= 0.6 is 0 Å². The molecule has 0 spiro atoms. The number of anilines is 2. The Morgan fingerprint density at radius 3 is 2.50 bits per heavy atom. The normalized spacial score (nSPS) is 16.5. The summed E-state index contributed by atoms with van der Waals surface area (Å²) in [6, 6.07) is 8.21. The number of rotatable bonds is 4. The molecule has 3 rings (SSSR count). The lowest BCUT2D eigenvalue weighted by molar-refractivity contribution is 0.482. The number of hydrogen-bond donors (Lipinski definition) is 1. The van der Waals surface area contributed by atoms with Gasteiger partial charge in [-0.25, -0.2) is 4.98 Å². The van der Waals surface area contributed by atoms with Crippen LogP contribution in [0.1, 0.15) is 38.5 Å². The van der Waals surface area contributed by atoms with Crippen LogP contribution in [0.2, 0.25) is 0 Å². The maximum Gasteiger partial charge on any atom is 0.225 e. The number of fused-ring (bicyclic) bond motifs is 1. The minimum absolute atomic E-state index is 0.756. The number of benzene rings is 1. The number of hydrogen-bond acceptors (Lipinski definition) is 4. The van der Waals surface area contributed by atoms with Crippen molar-refractivity contribution in [2.24, 2.45) is 5.92 Å². The van der Waals surface area contributed by atoms with E-state index < -0.39 is 0 Å². The van der Waals surface area contributed by atoms with E-state index >= 15 is 0 Å². The van der Waals surface area contributed by atoms with Gasteiger partial charge in [-0.3, -0.25) is 0 Å². The van der Waals surface area contributed by atoms with Crippen molar-refractivity contribution in [2.75, 3.05) is 30.9 Å². The summed E-state index contributed by atoms with van der Waals surface area (Å²) in [5.74, 6) is 2.50. The first kappa shape index (κ1) is 15.1. The average molecular weight is 298 g/mol. The Kier molecular flexibility index (Phi) is 4.76. The van der Waals surface area contributed by atoms with E-state index in [9.17, 15) is 0 Å². The quantitative estimate of drug-likeness (QED) is 0.864. The van der Waals surface area contributed by atoms with Crippen molar-refractivity contribution in [2.45, 2.75) is 38.5 Å². The third kappa shape index (κ3) is 3.49. The van der Waals surface area contributed by atoms with Gasteiger partial charge in [0, 0.05) is 26.0 Å². The van der Waals surface area contributed by atoms with Gasteiger partial charge < -0.3 is 10.2 Å². The fourth-order valence-corrected chi connectivity index (χ4v) is 3.28. The zero-order valence-electron chi connectivity index (χ0n) is 13.7. The van der Waals surface area contributed by atoms with E-state index in [0.29, 0.717) is 0 Å². The highest BCUT2D eigenvalue weighted by Crippen LogP contribution is 2.25. The Morgan fingerprint density at radius 1 is 1.05 bits per heavy atom. The zero-order valence-corrected chi connectivity index (χ0v) is 13.7. The first-order chi connectivity index (χ1) is 10.7. The van der Waals surface area contributed by atoms with Gasteiger partial charge in [0.1, 0.15) is 5.82 Å². The van der Waals surface area contributed by atoms with Crippen molar-refractivity contribution in [1.82, 2.24) is 9.97 Å². The van der Waals surface area contributed by atoms with Crippen molar-refractivity contribution in [3.05, 3.63) is 24.3 Å². The predicted octanol–water partition coefficient (Wildman–Crippen LogP) is 4.08. The second-order valence-corrected chi connectivity index (χ2v) is 6.52. The van der Waals surface area contributed by atoms with Crippen LogP contribution in [0, 0.1) is 5.92 Å². The monoisotopic (exact) mass is 298 g/mol. The third-order valence-electron chi connectivity index (χ3n) is 4.53. The van der Waals surface area contributed by atoms with Gasteiger partial charge in [0.2, 0.25) is 5.95 Å². The van der Waals surface area contributed by atoms with Crippen LogP contribution in [-0.2, 0) is 0 Å². The average Bonchev–Trinajstić information content (AvgIpc) is 2.80. The van der Waals surface area contributed by atoms with E-state index in [0.717, 1.165) is 35.1 Å². The first-order valence-electron chi connectivity index (χ1n) is 8.42. The summed E-state index contributed by atoms with van der Waals surface area (Å²) in [7, 11) is 4.06. The molecule has 0 aliphatic heterocycles. The van der Waals surface area contributed by atoms with Crippen molar-refractivity contribution in [1.29, 1.82) is 0 Å². The van der Waals surface area contributed by atoms with Gasteiger partial charge in [0.05, 0.1) is 5.52 Å². The molecule has 0 amide bonds. The summed E-state index contributed by atoms with van der Waals surface area (Å²) < 4.78 is 0. The van der Waals surface area contributed by atoms with Crippen molar-refractivity contribution in [3.8, 4) is 0 Å². The molecule has 0 radical (unpaired) electrons. The molecule has 1 aromatic heterocycles. The molecule has 1 saturated carbocycles. The number of nitrogens with one attached hydrogen (secondary N) is 1. The number of para-hydroxylation sites is 1. The van der Waals surface area contributed by atoms with Crippen LogP contribution in [-0.4, -0.2) is 30.6 Å². The summed E-state index contributed by atoms with van der Waals surface area (Å²) in [6.07, 6.45) is 8.20. The molecule has 22 heavy (non-hydrogen) atoms. The SMILES string of the molecule is CN(C)c1nc(NCC2CCCCCC2)nc2ccccc12. The summed E-state index contributed by atoms with van der Waals surface area (Å²) >= 11 is 0. The smallest absolute Gasteiger partial charge is 0.225 e. The van der Waals surface area contributed by atoms with Gasteiger partial charge in [-0.2, -0.15) is 4.98 Å². The largest absolute Gasteiger partial charge is 0.362 e. The molecule has 1 heterocycles. The van der Waals surface area contributed by atoms with Gasteiger partial charge in [-0.1, -0.05) is 37.8 Å². The molecule has 0 unspecified atom stereocenters. The second kappa shape index (κ2) is 6.95. The Balaban J connectivity index is 1.78. The molecule has 0 bridgehead atoms. The van der Waals surface area contributed by atoms with Gasteiger partial charge in [-0.15, -0.1) is 0 Å². The van der Waals surface area contributed by atoms with E-state index in [1.165, 1.54) is 38.5 Å². The van der Waals surface area contributed by atoms with E-state index in [2.05, 4.69) is 27.3 Å². The van der Waals surface area contributed by atoms with Crippen molar-refractivity contribution in [3.63, 3.8) is 0 Å². The van der Waals surface area contributed by atoms with Crippen LogP contribution in [0.15, 0.2) is 24.3 Å². The Hall–Kier alpha value is -1.84. The minimum atomic E-state index is 0.756. The van der Waals surface area contributed by atoms with Crippen molar-refractivity contribution < 1.29 is 0 Å². The number of nitrogens with zero attached hydrogens (tertiary/aromatic N) is 3. The van der Waals surface area contributed by atoms with E-state index in [4.69, 9.17) is 4.98 Å². The standard InChI is InChI=1S/C18H26N4/c1-22(2)17-15-11-7-8-12-16(15)20-18(21-17)19-13-14-9-5-3-4-6-10-14/h7-8,11-12,14H,3-6,9-10,13H2,1-2H3,(H,19,20,21). The summed E-state index contributed by atoms with van der Waals surface area (Å²) in [5.41, 5.74) is 1.00. The molecule has 0 atom stereocenters. The predicted molar refractivity (Wildman–Crippen MR) is 93.5 cm³/mol. The van der Waals surface area contributed by atoms with E-state index in [-0.39, 0.29) is 0 Å². The molecule has 1 aliphatic carbocycles. The summed E-state index contributed by atoms with van der Waals surface area (Å²) in [5, 5.41) is 4.58. The summed E-state index contributed by atoms with van der Waals surface area (Å²) in [4.78, 5) is 11.4. The topological polar surface area (TPSA) is 41.1 Å². The van der Waals surface area contributed by atoms with E-state index in [1.807, 2.05) is 26.2 Å². The Morgan fingerprint density at radius 2 is 1.77 bits per heavy atom. The summed E-state index contributed by atoms with van der Waals surface area (Å²) in [6.45, 7) is 0.991. The molecule has 4 nitrogen and oxygen atoms in total. The third-order valence-corrected chi connectivity index (χ3v) is 4.53. The molecule has 2 aromatic rings. The van der Waals surface area contributed by atoms with Gasteiger partial charge in [0.25, 0.3) is 0 Å². The molecule has 1 aromatic carbocycles. The van der Waals surface area contributed by atoms with Gasteiger partial charge >= 0.3 is 0 Å². The lowest BCUT2D eigenvalue weighted by Crippen LogP contribution is -2.17. The molecule has 1 N–H and O–H groups in total. The lowest BCUT2D eigenvalue weighted by atomic mass is 10.0. The van der Waals surface area contributed by atoms with Crippen LogP contribution in [0.4, 0.5) is 11.8 Å². The fraction of sp³-hybridized carbons (Fsp3) is 0.556. The highest BCUT2D eigenvalue weighted by molar-refractivity contribution is 5.90. The Labute approximate surface area is 133 Å². The second-order valence-electron chi connectivity index (χ2n) is 6.52. The van der Waals surface area contributed by atoms with Gasteiger partial charge in [-0.05, 0) is 30.9 Å². The maximum atomic E-state index is 4.71. The molecule has 1 aliphatic rings. The maximum absolute atomic E-state index is 4.71. The lowest BCUT2D eigenvalue weighted by Gasteiger charge is -2.18. The molecule has 1 fully saturated rings. The fourth-order valence-electron chi connectivity index (χ4n) is 3.28. The van der Waals surface area contributed by atoms with Crippen LogP contribution in [0.5, 0.6) is 0 Å². The van der Waals surface area contributed by atoms with Crippen molar-refractivity contribution >= 4 is 22.7 Å². The zero-order chi connectivity index (χ0) is 15.4. The van der Waals surface area contributed by atoms with Gasteiger partial charge in [0.15, 0.2) is 0 Å². The molecule has 118 valence electrons.